The highest BCUT2D eigenvalue weighted by Gasteiger charge is 2.23. The Morgan fingerprint density at radius 2 is 1.36 bits per heavy atom. The Labute approximate surface area is 130 Å². The lowest BCUT2D eigenvalue weighted by atomic mass is 10.4. The van der Waals surface area contributed by atoms with Crippen LogP contribution in [0.25, 0.3) is 0 Å². The fourth-order valence-corrected chi connectivity index (χ4v) is 3.62. The maximum absolute atomic E-state index is 12.2. The summed E-state index contributed by atoms with van der Waals surface area (Å²) in [4.78, 5) is 10.4. The van der Waals surface area contributed by atoms with Crippen molar-refractivity contribution in [3.63, 3.8) is 0 Å². The molecule has 22 heavy (non-hydrogen) atoms. The molecule has 1 rings (SSSR count). The van der Waals surface area contributed by atoms with Crippen molar-refractivity contribution in [3.05, 3.63) is 24.3 Å². The lowest BCUT2D eigenvalue weighted by Crippen LogP contribution is -2.29. The minimum absolute atomic E-state index is 0.0235. The molecule has 0 spiro atoms. The molecule has 1 N–H and O–H groups in total. The van der Waals surface area contributed by atoms with E-state index in [1.54, 1.807) is 0 Å². The monoisotopic (exact) mass is 350 g/mol. The van der Waals surface area contributed by atoms with Crippen molar-refractivity contribution in [2.75, 3.05) is 27.7 Å². The highest BCUT2D eigenvalue weighted by molar-refractivity contribution is 7.89. The van der Waals surface area contributed by atoms with E-state index in [-0.39, 0.29) is 22.8 Å². The van der Waals surface area contributed by atoms with E-state index in [9.17, 15) is 21.6 Å². The van der Waals surface area contributed by atoms with Gasteiger partial charge in [-0.05, 0) is 24.3 Å². The van der Waals surface area contributed by atoms with Crippen LogP contribution in [0.5, 0.6) is 0 Å². The van der Waals surface area contributed by atoms with Crippen molar-refractivity contribution in [1.29, 1.82) is 0 Å². The van der Waals surface area contributed by atoms with Crippen LogP contribution in [0.15, 0.2) is 34.1 Å². The summed E-state index contributed by atoms with van der Waals surface area (Å²) in [7, 11) is -3.47. The van der Waals surface area contributed by atoms with Gasteiger partial charge in [-0.15, -0.1) is 0 Å². The van der Waals surface area contributed by atoms with Crippen LogP contribution in [0.1, 0.15) is 6.42 Å². The molecule has 1 aromatic rings. The Kier molecular flexibility index (Phi) is 5.68. The van der Waals surface area contributed by atoms with Gasteiger partial charge in [0.05, 0.1) is 16.2 Å². The maximum Gasteiger partial charge on any atom is 0.304 e. The lowest BCUT2D eigenvalue weighted by molar-refractivity contribution is -0.137. The summed E-state index contributed by atoms with van der Waals surface area (Å²) in [6.07, 6.45) is -0.317. The van der Waals surface area contributed by atoms with Crippen LogP contribution in [0.4, 0.5) is 0 Å². The summed E-state index contributed by atoms with van der Waals surface area (Å²) in [5.74, 6) is -1.10. The van der Waals surface area contributed by atoms with E-state index in [2.05, 4.69) is 0 Å². The number of carboxylic acids is 1. The van der Waals surface area contributed by atoms with E-state index < -0.39 is 26.0 Å². The zero-order chi connectivity index (χ0) is 17.1. The van der Waals surface area contributed by atoms with E-state index in [4.69, 9.17) is 5.11 Å². The molecular weight excluding hydrogens is 332 g/mol. The van der Waals surface area contributed by atoms with Gasteiger partial charge in [0.2, 0.25) is 20.0 Å². The summed E-state index contributed by atoms with van der Waals surface area (Å²) in [5, 5.41) is 8.58. The highest BCUT2D eigenvalue weighted by Crippen LogP contribution is 2.19. The van der Waals surface area contributed by atoms with Crippen molar-refractivity contribution >= 4 is 26.0 Å². The average Bonchev–Trinajstić information content (AvgIpc) is 2.44. The molecule has 10 heteroatoms. The van der Waals surface area contributed by atoms with Gasteiger partial charge in [-0.1, -0.05) is 0 Å². The van der Waals surface area contributed by atoms with Gasteiger partial charge >= 0.3 is 5.97 Å². The average molecular weight is 350 g/mol. The van der Waals surface area contributed by atoms with Gasteiger partial charge < -0.3 is 5.11 Å². The molecule has 124 valence electrons. The number of rotatable bonds is 7. The Morgan fingerprint density at radius 3 is 1.73 bits per heavy atom. The summed E-state index contributed by atoms with van der Waals surface area (Å²) in [6, 6.07) is 4.77. The number of benzene rings is 1. The highest BCUT2D eigenvalue weighted by atomic mass is 32.2. The quantitative estimate of drug-likeness (QED) is 0.742. The second-order valence-electron chi connectivity index (χ2n) is 4.73. The SMILES string of the molecule is CN(C)S(=O)(=O)c1ccc(S(=O)(=O)N(C)CCC(=O)O)cc1. The molecule has 0 atom stereocenters. The number of carbonyl (C=O) groups is 1. The second-order valence-corrected chi connectivity index (χ2v) is 8.93. The molecule has 1 aromatic carbocycles. The van der Waals surface area contributed by atoms with E-state index in [0.717, 1.165) is 8.61 Å². The van der Waals surface area contributed by atoms with Crippen LogP contribution < -0.4 is 0 Å². The molecular formula is C12H18N2O6S2. The molecule has 0 bridgehead atoms. The molecule has 0 saturated heterocycles. The van der Waals surface area contributed by atoms with Gasteiger partial charge in [0.25, 0.3) is 0 Å². The van der Waals surface area contributed by atoms with E-state index in [0.29, 0.717) is 0 Å². The normalized spacial score (nSPS) is 12.8. The van der Waals surface area contributed by atoms with Crippen molar-refractivity contribution in [1.82, 2.24) is 8.61 Å². The predicted molar refractivity (Wildman–Crippen MR) is 79.4 cm³/mol. The van der Waals surface area contributed by atoms with Crippen molar-refractivity contribution in [3.8, 4) is 0 Å². The Morgan fingerprint density at radius 1 is 0.955 bits per heavy atom. The van der Waals surface area contributed by atoms with E-state index in [1.165, 1.54) is 45.4 Å². The van der Waals surface area contributed by atoms with E-state index >= 15 is 0 Å². The standard InChI is InChI=1S/C12H18N2O6S2/c1-13(2)21(17,18)10-4-6-11(7-5-10)22(19,20)14(3)9-8-12(15)16/h4-7H,8-9H2,1-3H3,(H,15,16). The lowest BCUT2D eigenvalue weighted by Gasteiger charge is -2.17. The molecule has 8 nitrogen and oxygen atoms in total. The molecule has 0 amide bonds. The Hall–Kier alpha value is -1.49. The summed E-state index contributed by atoms with van der Waals surface area (Å²) in [5.41, 5.74) is 0. The van der Waals surface area contributed by atoms with Gasteiger partial charge in [-0.25, -0.2) is 25.4 Å². The molecule has 0 radical (unpaired) electrons. The summed E-state index contributed by atoms with van der Waals surface area (Å²) >= 11 is 0. The molecule has 0 fully saturated rings. The van der Waals surface area contributed by atoms with Crippen LogP contribution >= 0.6 is 0 Å². The van der Waals surface area contributed by atoms with Gasteiger partial charge in [0.1, 0.15) is 0 Å². The molecule has 0 aliphatic heterocycles. The first kappa shape index (κ1) is 18.6. The topological polar surface area (TPSA) is 112 Å². The first-order chi connectivity index (χ1) is 9.99. The number of aliphatic carboxylic acids is 1. The third kappa shape index (κ3) is 4.03. The van der Waals surface area contributed by atoms with Crippen LogP contribution in [-0.2, 0) is 24.8 Å². The summed E-state index contributed by atoms with van der Waals surface area (Å²) in [6.45, 7) is -0.171. The van der Waals surface area contributed by atoms with E-state index in [1.807, 2.05) is 0 Å². The van der Waals surface area contributed by atoms with Crippen molar-refractivity contribution in [2.24, 2.45) is 0 Å². The van der Waals surface area contributed by atoms with Crippen LogP contribution in [0.2, 0.25) is 0 Å². The number of nitrogens with zero attached hydrogens (tertiary/aromatic N) is 2. The third-order valence-corrected chi connectivity index (χ3v) is 6.65. The van der Waals surface area contributed by atoms with Crippen molar-refractivity contribution < 1.29 is 26.7 Å². The van der Waals surface area contributed by atoms with Gasteiger partial charge in [-0.2, -0.15) is 0 Å². The molecule has 0 saturated carbocycles. The fraction of sp³-hybridized carbons (Fsp3) is 0.417. The molecule has 0 aliphatic carbocycles. The molecule has 0 aromatic heterocycles. The second kappa shape index (κ2) is 6.73. The smallest absolute Gasteiger partial charge is 0.304 e. The van der Waals surface area contributed by atoms with Crippen molar-refractivity contribution in [2.45, 2.75) is 16.2 Å². The zero-order valence-electron chi connectivity index (χ0n) is 12.4. The minimum atomic E-state index is -3.86. The summed E-state index contributed by atoms with van der Waals surface area (Å²) < 4.78 is 50.2. The van der Waals surface area contributed by atoms with Crippen LogP contribution in [0, 0.1) is 0 Å². The number of sulfonamides is 2. The molecule has 0 unspecified atom stereocenters. The largest absolute Gasteiger partial charge is 0.481 e. The Balaban J connectivity index is 3.06. The number of hydrogen-bond donors (Lipinski definition) is 1. The number of carboxylic acid groups (broad SMARTS) is 1. The minimum Gasteiger partial charge on any atom is -0.481 e. The Bertz CT molecular complexity index is 738. The number of hydrogen-bond acceptors (Lipinski definition) is 5. The first-order valence-corrected chi connectivity index (χ1v) is 9.08. The zero-order valence-corrected chi connectivity index (χ0v) is 14.1. The fourth-order valence-electron chi connectivity index (χ4n) is 1.55. The first-order valence-electron chi connectivity index (χ1n) is 6.20. The van der Waals surface area contributed by atoms with Crippen LogP contribution in [-0.4, -0.2) is 64.2 Å². The third-order valence-electron chi connectivity index (χ3n) is 2.95. The van der Waals surface area contributed by atoms with Gasteiger partial charge in [-0.3, -0.25) is 4.79 Å². The van der Waals surface area contributed by atoms with Crippen LogP contribution in [0.3, 0.4) is 0 Å². The van der Waals surface area contributed by atoms with Gasteiger partial charge in [0.15, 0.2) is 0 Å². The molecule has 0 heterocycles. The maximum atomic E-state index is 12.2. The molecule has 0 aliphatic rings. The van der Waals surface area contributed by atoms with Gasteiger partial charge in [0, 0.05) is 27.7 Å². The predicted octanol–water partition coefficient (Wildman–Crippen LogP) is 0.0321.